The van der Waals surface area contributed by atoms with Crippen LogP contribution in [0.3, 0.4) is 0 Å². The molecule has 0 radical (unpaired) electrons. The Morgan fingerprint density at radius 1 is 1.12 bits per heavy atom. The highest BCUT2D eigenvalue weighted by Gasteiger charge is 2.40. The third-order valence-electron chi connectivity index (χ3n) is 7.41. The van der Waals surface area contributed by atoms with Gasteiger partial charge < -0.3 is 29.9 Å². The van der Waals surface area contributed by atoms with E-state index in [2.05, 4.69) is 15.2 Å². The summed E-state index contributed by atoms with van der Waals surface area (Å²) in [6, 6.07) is 5.40. The van der Waals surface area contributed by atoms with E-state index in [1.807, 2.05) is 38.8 Å². The fraction of sp³-hybridized carbons (Fsp3) is 0.586. The molecule has 0 bridgehead atoms. The minimum Gasteiger partial charge on any atom is -0.505 e. The quantitative estimate of drug-likeness (QED) is 0.482. The van der Waals surface area contributed by atoms with E-state index in [0.29, 0.717) is 24.0 Å². The maximum Gasteiger partial charge on any atom is 0.410 e. The molecular weight excluding hydrogens is 550 g/mol. The number of fused-ring (bicyclic) bond motifs is 1. The molecule has 3 heterocycles. The number of nitrogens with one attached hydrogen (secondary N) is 1. The van der Waals surface area contributed by atoms with Crippen LogP contribution in [0.15, 0.2) is 24.4 Å². The largest absolute Gasteiger partial charge is 0.505 e. The van der Waals surface area contributed by atoms with Crippen LogP contribution in [-0.2, 0) is 9.53 Å². The van der Waals surface area contributed by atoms with Gasteiger partial charge in [-0.05, 0) is 51.9 Å². The van der Waals surface area contributed by atoms with Crippen molar-refractivity contribution in [3.8, 4) is 5.75 Å². The number of carbonyl (C=O) groups is 3. The van der Waals surface area contributed by atoms with Crippen molar-refractivity contribution >= 4 is 34.5 Å². The van der Waals surface area contributed by atoms with Crippen LogP contribution in [0.5, 0.6) is 5.75 Å². The Balaban J connectivity index is 1.32. The Morgan fingerprint density at radius 2 is 1.83 bits per heavy atom. The smallest absolute Gasteiger partial charge is 0.410 e. The summed E-state index contributed by atoms with van der Waals surface area (Å²) in [5, 5.41) is 13.4. The number of nitrogens with zero attached hydrogens (tertiary/aromatic N) is 5. The summed E-state index contributed by atoms with van der Waals surface area (Å²) >= 11 is 0. The van der Waals surface area contributed by atoms with Crippen LogP contribution < -0.4 is 10.2 Å². The summed E-state index contributed by atoms with van der Waals surface area (Å²) in [7, 11) is 1.93. The van der Waals surface area contributed by atoms with Crippen molar-refractivity contribution in [1.82, 2.24) is 25.0 Å². The second kappa shape index (κ2) is 12.6. The van der Waals surface area contributed by atoms with Crippen LogP contribution in [0, 0.1) is 0 Å². The summed E-state index contributed by atoms with van der Waals surface area (Å²) in [4.78, 5) is 49.0. The number of halogens is 2. The van der Waals surface area contributed by atoms with Gasteiger partial charge in [0.2, 0.25) is 5.91 Å². The van der Waals surface area contributed by atoms with E-state index in [1.165, 1.54) is 6.20 Å². The second-order valence-electron chi connectivity index (χ2n) is 11.9. The first kappa shape index (κ1) is 31.2. The van der Waals surface area contributed by atoms with E-state index < -0.39 is 42.8 Å². The number of alkyl halides is 2. The van der Waals surface area contributed by atoms with Gasteiger partial charge in [0.25, 0.3) is 11.8 Å². The molecule has 0 aliphatic carbocycles. The van der Waals surface area contributed by atoms with Gasteiger partial charge in [0, 0.05) is 63.8 Å². The summed E-state index contributed by atoms with van der Waals surface area (Å²) in [6.07, 6.45) is 1.36. The van der Waals surface area contributed by atoms with Crippen LogP contribution in [0.1, 0.15) is 44.0 Å². The van der Waals surface area contributed by atoms with Gasteiger partial charge in [-0.1, -0.05) is 0 Å². The second-order valence-corrected chi connectivity index (χ2v) is 11.9. The van der Waals surface area contributed by atoms with Gasteiger partial charge in [-0.25, -0.2) is 13.6 Å². The third-order valence-corrected chi connectivity index (χ3v) is 7.41. The number of pyridine rings is 1. The van der Waals surface area contributed by atoms with Gasteiger partial charge in [0.15, 0.2) is 0 Å². The fourth-order valence-corrected chi connectivity index (χ4v) is 5.09. The number of aromatic nitrogens is 1. The van der Waals surface area contributed by atoms with Gasteiger partial charge >= 0.3 is 6.09 Å². The molecule has 4 rings (SSSR count). The minimum absolute atomic E-state index is 0.0299. The zero-order valence-electron chi connectivity index (χ0n) is 24.7. The van der Waals surface area contributed by atoms with Crippen LogP contribution in [0.25, 0.3) is 10.9 Å². The SMILES string of the molecule is CN(CCCN1CCN(C(=O)OC(C)(C)C)CC1)c1ccc2ncc(O)c(C(=O)NCC(=O)N3CCC(F)(F)C3)c2c1. The molecule has 42 heavy (non-hydrogen) atoms. The molecule has 0 atom stereocenters. The van der Waals surface area contributed by atoms with E-state index in [9.17, 15) is 28.3 Å². The number of piperazine rings is 1. The van der Waals surface area contributed by atoms with Crippen LogP contribution in [0.2, 0.25) is 0 Å². The molecule has 2 aromatic rings. The van der Waals surface area contributed by atoms with Gasteiger partial charge in [-0.3, -0.25) is 19.5 Å². The molecule has 2 aliphatic rings. The minimum atomic E-state index is -2.92. The molecule has 2 fully saturated rings. The van der Waals surface area contributed by atoms with Crippen molar-refractivity contribution < 1.29 is 33.0 Å². The summed E-state index contributed by atoms with van der Waals surface area (Å²) in [5.74, 6) is -4.56. The zero-order chi connectivity index (χ0) is 30.7. The van der Waals surface area contributed by atoms with E-state index in [1.54, 1.807) is 17.0 Å². The Labute approximate surface area is 244 Å². The Bertz CT molecular complexity index is 1310. The molecule has 1 aromatic heterocycles. The average Bonchev–Trinajstić information content (AvgIpc) is 3.30. The van der Waals surface area contributed by atoms with E-state index >= 15 is 0 Å². The first-order valence-corrected chi connectivity index (χ1v) is 14.2. The van der Waals surface area contributed by atoms with Crippen molar-refractivity contribution in [1.29, 1.82) is 0 Å². The molecule has 2 aliphatic heterocycles. The normalized spacial score (nSPS) is 17.4. The van der Waals surface area contributed by atoms with Gasteiger partial charge in [0.05, 0.1) is 30.4 Å². The molecule has 0 unspecified atom stereocenters. The first-order chi connectivity index (χ1) is 19.7. The summed E-state index contributed by atoms with van der Waals surface area (Å²) in [6.45, 7) is 8.73. The maximum atomic E-state index is 13.5. The zero-order valence-corrected chi connectivity index (χ0v) is 24.7. The van der Waals surface area contributed by atoms with Crippen molar-refractivity contribution in [2.24, 2.45) is 0 Å². The van der Waals surface area contributed by atoms with Crippen molar-refractivity contribution in [2.45, 2.75) is 45.1 Å². The lowest BCUT2D eigenvalue weighted by Gasteiger charge is -2.35. The van der Waals surface area contributed by atoms with Crippen molar-refractivity contribution in [3.63, 3.8) is 0 Å². The highest BCUT2D eigenvalue weighted by atomic mass is 19.3. The van der Waals surface area contributed by atoms with Gasteiger partial charge in [-0.2, -0.15) is 0 Å². The molecule has 3 amide bonds. The number of likely N-dealkylation sites (tertiary alicyclic amines) is 1. The monoisotopic (exact) mass is 590 g/mol. The number of hydrogen-bond acceptors (Lipinski definition) is 8. The maximum absolute atomic E-state index is 13.5. The van der Waals surface area contributed by atoms with Crippen LogP contribution in [-0.4, -0.2) is 120 Å². The summed E-state index contributed by atoms with van der Waals surface area (Å²) in [5.41, 5.74) is 0.756. The Morgan fingerprint density at radius 3 is 2.48 bits per heavy atom. The molecule has 2 N–H and O–H groups in total. The molecule has 0 saturated carbocycles. The number of anilines is 1. The van der Waals surface area contributed by atoms with Gasteiger partial charge in [-0.15, -0.1) is 0 Å². The molecule has 0 spiro atoms. The Kier molecular flexibility index (Phi) is 9.39. The average molecular weight is 591 g/mol. The molecule has 230 valence electrons. The first-order valence-electron chi connectivity index (χ1n) is 14.2. The lowest BCUT2D eigenvalue weighted by Crippen LogP contribution is -2.50. The number of aromatic hydroxyl groups is 1. The number of hydrogen-bond donors (Lipinski definition) is 2. The molecule has 11 nitrogen and oxygen atoms in total. The van der Waals surface area contributed by atoms with Crippen LogP contribution >= 0.6 is 0 Å². The molecule has 13 heteroatoms. The molecule has 1 aromatic carbocycles. The van der Waals surface area contributed by atoms with Crippen molar-refractivity contribution in [2.75, 3.05) is 70.9 Å². The van der Waals surface area contributed by atoms with Crippen molar-refractivity contribution in [3.05, 3.63) is 30.0 Å². The van der Waals surface area contributed by atoms with Gasteiger partial charge in [0.1, 0.15) is 11.4 Å². The highest BCUT2D eigenvalue weighted by molar-refractivity contribution is 6.09. The topological polar surface area (TPSA) is 119 Å². The van der Waals surface area contributed by atoms with E-state index in [-0.39, 0.29) is 24.0 Å². The molecule has 2 saturated heterocycles. The Hall–Kier alpha value is -3.74. The number of carbonyl (C=O) groups excluding carboxylic acids is 3. The number of benzene rings is 1. The standard InChI is InChI=1S/C29H40F2N6O5/c1-28(2,3)42-27(41)36-14-12-35(13-15-36)10-5-9-34(4)20-6-7-22-21(16-20)25(23(38)17-32-22)26(40)33-18-24(39)37-11-8-29(30,31)19-37/h6-7,16-17,38H,5,8-15,18-19H2,1-4H3,(H,33,40). The van der Waals surface area contributed by atoms with E-state index in [0.717, 1.165) is 43.2 Å². The third kappa shape index (κ3) is 7.96. The predicted octanol–water partition coefficient (Wildman–Crippen LogP) is 2.92. The number of rotatable bonds is 8. The predicted molar refractivity (Wildman–Crippen MR) is 154 cm³/mol. The molecular formula is C29H40F2N6O5. The van der Waals surface area contributed by atoms with Crippen LogP contribution in [0.4, 0.5) is 19.3 Å². The fourth-order valence-electron chi connectivity index (χ4n) is 5.09. The number of amides is 3. The lowest BCUT2D eigenvalue weighted by molar-refractivity contribution is -0.130. The van der Waals surface area contributed by atoms with E-state index in [4.69, 9.17) is 4.74 Å². The highest BCUT2D eigenvalue weighted by Crippen LogP contribution is 2.29. The summed E-state index contributed by atoms with van der Waals surface area (Å²) < 4.78 is 32.4. The lowest BCUT2D eigenvalue weighted by atomic mass is 10.1. The number of ether oxygens (including phenoxy) is 1.